The summed E-state index contributed by atoms with van der Waals surface area (Å²) in [5, 5.41) is 12.8. The van der Waals surface area contributed by atoms with Crippen molar-refractivity contribution in [3.8, 4) is 5.69 Å². The first-order valence-electron chi connectivity index (χ1n) is 6.51. The number of carboxylic acid groups (broad SMARTS) is 1. The van der Waals surface area contributed by atoms with Gasteiger partial charge in [-0.1, -0.05) is 19.9 Å². The van der Waals surface area contributed by atoms with Gasteiger partial charge < -0.3 is 16.6 Å². The highest BCUT2D eigenvalue weighted by Gasteiger charge is 2.25. The summed E-state index contributed by atoms with van der Waals surface area (Å²) in [6, 6.07) is 4.13. The predicted molar refractivity (Wildman–Crippen MR) is 79.5 cm³/mol. The highest BCUT2D eigenvalue weighted by molar-refractivity contribution is 6.02. The van der Waals surface area contributed by atoms with Gasteiger partial charge in [0.25, 0.3) is 5.91 Å². The van der Waals surface area contributed by atoms with E-state index in [1.807, 2.05) is 13.8 Å². The van der Waals surface area contributed by atoms with E-state index in [0.717, 1.165) is 4.68 Å². The topological polar surface area (TPSA) is 124 Å². The molecule has 0 aliphatic rings. The number of aromatic nitrogens is 2. The molecule has 0 radical (unpaired) electrons. The maximum absolute atomic E-state index is 13.9. The molecule has 8 heteroatoms. The molecule has 0 unspecified atom stereocenters. The number of hydrogen-bond acceptors (Lipinski definition) is 4. The first-order valence-corrected chi connectivity index (χ1v) is 6.51. The molecule has 0 aliphatic heterocycles. The smallest absolute Gasteiger partial charge is 0.356 e. The summed E-state index contributed by atoms with van der Waals surface area (Å²) < 4.78 is 14.7. The molecule has 0 spiro atoms. The normalized spacial score (nSPS) is 9.82. The monoisotopic (exact) mass is 308 g/mol. The minimum atomic E-state index is -1.44. The fourth-order valence-corrected chi connectivity index (χ4v) is 1.78. The van der Waals surface area contributed by atoms with Crippen LogP contribution in [0.5, 0.6) is 0 Å². The fraction of sp³-hybridized carbons (Fsp3) is 0.214. The third-order valence-corrected chi connectivity index (χ3v) is 2.69. The maximum atomic E-state index is 13.9. The molecule has 0 fully saturated rings. The molecule has 1 amide bonds. The van der Waals surface area contributed by atoms with E-state index in [2.05, 4.69) is 5.10 Å². The molecule has 118 valence electrons. The first kappa shape index (κ1) is 17.2. The van der Waals surface area contributed by atoms with E-state index in [1.54, 1.807) is 13.0 Å². The Hall–Kier alpha value is -2.90. The number of nitrogens with two attached hydrogens (primary N) is 2. The van der Waals surface area contributed by atoms with E-state index in [4.69, 9.17) is 16.6 Å². The van der Waals surface area contributed by atoms with E-state index in [-0.39, 0.29) is 5.69 Å². The number of benzene rings is 1. The van der Waals surface area contributed by atoms with Crippen molar-refractivity contribution in [2.24, 2.45) is 5.73 Å². The average molecular weight is 308 g/mol. The number of aryl methyl sites for hydroxylation is 1. The molecule has 7 nitrogen and oxygen atoms in total. The molecule has 0 bridgehead atoms. The second-order valence-electron chi connectivity index (χ2n) is 4.15. The van der Waals surface area contributed by atoms with Crippen LogP contribution in [0.3, 0.4) is 0 Å². The van der Waals surface area contributed by atoms with E-state index < -0.39 is 34.8 Å². The lowest BCUT2D eigenvalue weighted by atomic mass is 10.2. The van der Waals surface area contributed by atoms with E-state index in [9.17, 15) is 14.0 Å². The van der Waals surface area contributed by atoms with Crippen LogP contribution in [0.1, 0.15) is 40.4 Å². The molecule has 0 aliphatic carbocycles. The summed E-state index contributed by atoms with van der Waals surface area (Å²) in [5.74, 6) is -3.12. The second-order valence-corrected chi connectivity index (χ2v) is 4.15. The number of hydrogen-bond donors (Lipinski definition) is 3. The summed E-state index contributed by atoms with van der Waals surface area (Å²) in [5.41, 5.74) is 9.79. The molecule has 2 aromatic rings. The Labute approximate surface area is 126 Å². The zero-order valence-electron chi connectivity index (χ0n) is 12.4. The number of carboxylic acids is 1. The lowest BCUT2D eigenvalue weighted by Gasteiger charge is -2.06. The number of nitrogen functional groups attached to an aromatic ring is 1. The van der Waals surface area contributed by atoms with Crippen molar-refractivity contribution < 1.29 is 19.1 Å². The molecule has 0 saturated carbocycles. The summed E-state index contributed by atoms with van der Waals surface area (Å²) >= 11 is 0. The van der Waals surface area contributed by atoms with E-state index >= 15 is 0 Å². The van der Waals surface area contributed by atoms with Crippen LogP contribution in [0, 0.1) is 12.7 Å². The Kier molecular flexibility index (Phi) is 5.23. The number of carbonyl (C=O) groups excluding carboxylic acids is 1. The van der Waals surface area contributed by atoms with Gasteiger partial charge in [0.1, 0.15) is 11.5 Å². The fourth-order valence-electron chi connectivity index (χ4n) is 1.78. The molecule has 0 atom stereocenters. The van der Waals surface area contributed by atoms with Gasteiger partial charge in [-0.2, -0.15) is 5.10 Å². The Morgan fingerprint density at radius 2 is 1.91 bits per heavy atom. The summed E-state index contributed by atoms with van der Waals surface area (Å²) in [7, 11) is 0. The van der Waals surface area contributed by atoms with Crippen LogP contribution < -0.4 is 11.5 Å². The van der Waals surface area contributed by atoms with Gasteiger partial charge in [-0.15, -0.1) is 0 Å². The van der Waals surface area contributed by atoms with Crippen molar-refractivity contribution in [3.05, 3.63) is 41.0 Å². The van der Waals surface area contributed by atoms with Crippen molar-refractivity contribution in [1.82, 2.24) is 9.78 Å². The Bertz CT molecular complexity index is 725. The molecular formula is C14H17FN4O3. The number of nitrogens with zero attached hydrogens (tertiary/aromatic N) is 2. The molecule has 5 N–H and O–H groups in total. The van der Waals surface area contributed by atoms with Crippen LogP contribution in [-0.4, -0.2) is 26.8 Å². The van der Waals surface area contributed by atoms with Crippen LogP contribution >= 0.6 is 0 Å². The van der Waals surface area contributed by atoms with Crippen molar-refractivity contribution >= 4 is 17.6 Å². The van der Waals surface area contributed by atoms with Gasteiger partial charge in [0.15, 0.2) is 11.4 Å². The largest absolute Gasteiger partial charge is 0.476 e. The average Bonchev–Trinajstić information content (AvgIpc) is 2.78. The van der Waals surface area contributed by atoms with Crippen molar-refractivity contribution in [1.29, 1.82) is 0 Å². The van der Waals surface area contributed by atoms with Crippen molar-refractivity contribution in [3.63, 3.8) is 0 Å². The third-order valence-electron chi connectivity index (χ3n) is 2.69. The summed E-state index contributed by atoms with van der Waals surface area (Å²) in [4.78, 5) is 22.4. The van der Waals surface area contributed by atoms with E-state index in [1.165, 1.54) is 12.1 Å². The van der Waals surface area contributed by atoms with E-state index in [0.29, 0.717) is 5.56 Å². The van der Waals surface area contributed by atoms with Crippen molar-refractivity contribution in [2.75, 3.05) is 5.73 Å². The Morgan fingerprint density at radius 3 is 2.36 bits per heavy atom. The second kappa shape index (κ2) is 6.70. The van der Waals surface area contributed by atoms with Crippen molar-refractivity contribution in [2.45, 2.75) is 20.8 Å². The van der Waals surface area contributed by atoms with Gasteiger partial charge in [-0.3, -0.25) is 4.79 Å². The highest BCUT2D eigenvalue weighted by Crippen LogP contribution is 2.23. The molecule has 1 aromatic heterocycles. The molecule has 2 rings (SSSR count). The van der Waals surface area contributed by atoms with Crippen LogP contribution in [0.15, 0.2) is 18.2 Å². The standard InChI is InChI=1S/C12H11FN4O3.C2H6/c1-5-2-3-7(6(13)4-5)17-10(12(19)20)8(14)9(16-17)11(15)18;1-2/h2-4H,14H2,1H3,(H2,15,18)(H,19,20);1-2H3. The predicted octanol–water partition coefficient (Wildman–Crippen LogP) is 1.73. The number of anilines is 1. The van der Waals surface area contributed by atoms with Crippen LogP contribution in [0.4, 0.5) is 10.1 Å². The van der Waals surface area contributed by atoms with Gasteiger partial charge in [0, 0.05) is 0 Å². The number of carbonyl (C=O) groups is 2. The van der Waals surface area contributed by atoms with Crippen LogP contribution in [0.25, 0.3) is 5.69 Å². The molecular weight excluding hydrogens is 291 g/mol. The Morgan fingerprint density at radius 1 is 1.32 bits per heavy atom. The lowest BCUT2D eigenvalue weighted by molar-refractivity contribution is 0.0688. The van der Waals surface area contributed by atoms with Gasteiger partial charge in [-0.25, -0.2) is 13.9 Å². The SMILES string of the molecule is CC.Cc1ccc(-n2nc(C(N)=O)c(N)c2C(=O)O)c(F)c1. The minimum absolute atomic E-state index is 0.132. The van der Waals surface area contributed by atoms with Gasteiger partial charge in [0.05, 0.1) is 5.69 Å². The van der Waals surface area contributed by atoms with Gasteiger partial charge >= 0.3 is 5.97 Å². The number of aromatic carboxylic acids is 1. The summed E-state index contributed by atoms with van der Waals surface area (Å²) in [6.07, 6.45) is 0. The molecule has 0 saturated heterocycles. The lowest BCUT2D eigenvalue weighted by Crippen LogP contribution is -2.14. The summed E-state index contributed by atoms with van der Waals surface area (Å²) in [6.45, 7) is 5.68. The number of rotatable bonds is 3. The van der Waals surface area contributed by atoms with Gasteiger partial charge in [-0.05, 0) is 24.6 Å². The third kappa shape index (κ3) is 3.05. The quantitative estimate of drug-likeness (QED) is 0.796. The zero-order chi connectivity index (χ0) is 17.0. The minimum Gasteiger partial charge on any atom is -0.476 e. The molecule has 1 aromatic carbocycles. The number of halogens is 1. The van der Waals surface area contributed by atoms with Crippen LogP contribution in [0.2, 0.25) is 0 Å². The number of amides is 1. The highest BCUT2D eigenvalue weighted by atomic mass is 19.1. The number of primary amides is 1. The van der Waals surface area contributed by atoms with Gasteiger partial charge in [0.2, 0.25) is 0 Å². The first-order chi connectivity index (χ1) is 10.3. The molecule has 1 heterocycles. The zero-order valence-corrected chi connectivity index (χ0v) is 12.4. The molecule has 22 heavy (non-hydrogen) atoms. The van der Waals surface area contributed by atoms with Crippen LogP contribution in [-0.2, 0) is 0 Å². The Balaban J connectivity index is 0.00000116. The maximum Gasteiger partial charge on any atom is 0.356 e.